The number of carboxylic acids is 1. The Hall–Kier alpha value is -1.83. The summed E-state index contributed by atoms with van der Waals surface area (Å²) in [5.41, 5.74) is -0.656. The molecule has 120 valence electrons. The molecule has 0 aromatic heterocycles. The molecule has 1 fully saturated rings. The maximum absolute atomic E-state index is 12.1. The van der Waals surface area contributed by atoms with E-state index in [0.29, 0.717) is 6.42 Å². The molecule has 21 heavy (non-hydrogen) atoms. The van der Waals surface area contributed by atoms with Crippen LogP contribution in [-0.2, 0) is 19.1 Å². The number of aliphatic carboxylic acids is 1. The number of ether oxygens (including phenoxy) is 2. The minimum Gasteiger partial charge on any atom is -0.479 e. The maximum atomic E-state index is 12.1. The molecule has 2 atom stereocenters. The molecule has 0 aromatic carbocycles. The molecule has 0 unspecified atom stereocenters. The van der Waals surface area contributed by atoms with Crippen LogP contribution in [0.25, 0.3) is 0 Å². The second-order valence-electron chi connectivity index (χ2n) is 5.45. The van der Waals surface area contributed by atoms with Gasteiger partial charge in [-0.2, -0.15) is 0 Å². The molecule has 0 radical (unpaired) electrons. The molecule has 2 amide bonds. The number of hydrogen-bond acceptors (Lipinski definition) is 5. The smallest absolute Gasteiger partial charge is 0.410 e. The number of carboxylic acid groups (broad SMARTS) is 1. The average molecular weight is 302 g/mol. The lowest BCUT2D eigenvalue weighted by molar-refractivity contribution is -0.167. The van der Waals surface area contributed by atoms with Gasteiger partial charge in [-0.1, -0.05) is 6.92 Å². The van der Waals surface area contributed by atoms with Crippen LogP contribution in [-0.4, -0.2) is 65.9 Å². The lowest BCUT2D eigenvalue weighted by Crippen LogP contribution is -2.57. The monoisotopic (exact) mass is 302 g/mol. The fourth-order valence-electron chi connectivity index (χ4n) is 1.72. The molecule has 0 saturated carbocycles. The van der Waals surface area contributed by atoms with Gasteiger partial charge in [0.2, 0.25) is 0 Å². The first-order valence-electron chi connectivity index (χ1n) is 6.78. The summed E-state index contributed by atoms with van der Waals surface area (Å²) in [6.45, 7) is 5.20. The zero-order chi connectivity index (χ0) is 16.2. The van der Waals surface area contributed by atoms with Crippen molar-refractivity contribution < 1.29 is 29.0 Å². The highest BCUT2D eigenvalue weighted by Crippen LogP contribution is 2.19. The van der Waals surface area contributed by atoms with Gasteiger partial charge in [-0.25, -0.2) is 9.59 Å². The van der Waals surface area contributed by atoms with E-state index >= 15 is 0 Å². The minimum atomic E-state index is -1.25. The van der Waals surface area contributed by atoms with Gasteiger partial charge >= 0.3 is 12.1 Å². The second kappa shape index (κ2) is 6.75. The van der Waals surface area contributed by atoms with E-state index < -0.39 is 35.8 Å². The Morgan fingerprint density at radius 3 is 2.38 bits per heavy atom. The quantitative estimate of drug-likeness (QED) is 0.769. The topological polar surface area (TPSA) is 105 Å². The first-order chi connectivity index (χ1) is 9.70. The molecule has 1 rings (SSSR count). The molecule has 0 bridgehead atoms. The lowest BCUT2D eigenvalue weighted by atomic mass is 10.1. The van der Waals surface area contributed by atoms with Crippen LogP contribution in [0.1, 0.15) is 27.2 Å². The van der Waals surface area contributed by atoms with Crippen LogP contribution >= 0.6 is 0 Å². The molecule has 1 aliphatic rings. The van der Waals surface area contributed by atoms with Crippen molar-refractivity contribution in [1.82, 2.24) is 10.2 Å². The van der Waals surface area contributed by atoms with Crippen LogP contribution in [0.2, 0.25) is 0 Å². The van der Waals surface area contributed by atoms with Crippen molar-refractivity contribution in [2.75, 3.05) is 20.1 Å². The van der Waals surface area contributed by atoms with Crippen molar-refractivity contribution in [3.63, 3.8) is 0 Å². The van der Waals surface area contributed by atoms with Gasteiger partial charge in [-0.3, -0.25) is 4.79 Å². The minimum absolute atomic E-state index is 0.0396. The molecule has 0 aromatic rings. The predicted octanol–water partition coefficient (Wildman–Crippen LogP) is 0.212. The Morgan fingerprint density at radius 2 is 1.90 bits per heavy atom. The number of nitrogens with zero attached hydrogens (tertiary/aromatic N) is 1. The number of amides is 2. The number of morpholine rings is 1. The van der Waals surface area contributed by atoms with Crippen molar-refractivity contribution in [2.45, 2.75) is 45.0 Å². The Labute approximate surface area is 123 Å². The van der Waals surface area contributed by atoms with Crippen LogP contribution in [0.15, 0.2) is 0 Å². The van der Waals surface area contributed by atoms with Gasteiger partial charge in [0.15, 0.2) is 12.2 Å². The van der Waals surface area contributed by atoms with Crippen LogP contribution in [0.4, 0.5) is 4.79 Å². The van der Waals surface area contributed by atoms with E-state index in [2.05, 4.69) is 5.32 Å². The van der Waals surface area contributed by atoms with E-state index in [9.17, 15) is 14.4 Å². The van der Waals surface area contributed by atoms with Gasteiger partial charge in [0.05, 0.1) is 13.1 Å². The number of carbonyl (C=O) groups excluding carboxylic acids is 2. The average Bonchev–Trinajstić information content (AvgIpc) is 2.45. The van der Waals surface area contributed by atoms with Gasteiger partial charge in [-0.15, -0.1) is 0 Å². The highest BCUT2D eigenvalue weighted by Gasteiger charge is 2.39. The number of rotatable bonds is 4. The second-order valence-corrected chi connectivity index (χ2v) is 5.45. The van der Waals surface area contributed by atoms with Crippen LogP contribution in [0.3, 0.4) is 0 Å². The van der Waals surface area contributed by atoms with E-state index in [1.54, 1.807) is 13.8 Å². The van der Waals surface area contributed by atoms with Crippen LogP contribution in [0, 0.1) is 0 Å². The normalized spacial score (nSPS) is 22.6. The SMILES string of the molecule is CCC(C)(C)OC(=O)N1C[C@@H](C(=O)NC)O[C@@H](C(=O)O)C1. The molecule has 0 aliphatic carbocycles. The van der Waals surface area contributed by atoms with Gasteiger partial charge in [0.25, 0.3) is 5.91 Å². The third-order valence-corrected chi connectivity index (χ3v) is 3.39. The van der Waals surface area contributed by atoms with E-state index in [4.69, 9.17) is 14.6 Å². The highest BCUT2D eigenvalue weighted by molar-refractivity contribution is 5.83. The van der Waals surface area contributed by atoms with Gasteiger partial charge in [0, 0.05) is 7.05 Å². The molecule has 0 spiro atoms. The molecule has 1 saturated heterocycles. The zero-order valence-corrected chi connectivity index (χ0v) is 12.7. The first kappa shape index (κ1) is 17.2. The maximum Gasteiger partial charge on any atom is 0.410 e. The summed E-state index contributed by atoms with van der Waals surface area (Å²) in [5, 5.41) is 11.4. The third kappa shape index (κ3) is 4.59. The molecule has 1 aliphatic heterocycles. The molecular formula is C13H22N2O6. The van der Waals surface area contributed by atoms with E-state index in [-0.39, 0.29) is 13.1 Å². The van der Waals surface area contributed by atoms with Crippen molar-refractivity contribution >= 4 is 18.0 Å². The summed E-state index contributed by atoms with van der Waals surface area (Å²) >= 11 is 0. The van der Waals surface area contributed by atoms with Crippen molar-refractivity contribution in [2.24, 2.45) is 0 Å². The van der Waals surface area contributed by atoms with Gasteiger partial charge in [-0.05, 0) is 20.3 Å². The Kier molecular flexibility index (Phi) is 5.54. The summed E-state index contributed by atoms with van der Waals surface area (Å²) in [6, 6.07) is 0. The summed E-state index contributed by atoms with van der Waals surface area (Å²) in [4.78, 5) is 36.0. The molecule has 8 heteroatoms. The summed E-state index contributed by atoms with van der Waals surface area (Å²) < 4.78 is 10.5. The number of carbonyl (C=O) groups is 3. The number of nitrogens with one attached hydrogen (secondary N) is 1. The summed E-state index contributed by atoms with van der Waals surface area (Å²) in [7, 11) is 1.42. The van der Waals surface area contributed by atoms with E-state index in [1.807, 2.05) is 6.92 Å². The van der Waals surface area contributed by atoms with E-state index in [1.165, 1.54) is 11.9 Å². The molecule has 1 heterocycles. The zero-order valence-electron chi connectivity index (χ0n) is 12.7. The number of likely N-dealkylation sites (N-methyl/N-ethyl adjacent to an activating group) is 1. The van der Waals surface area contributed by atoms with Crippen molar-refractivity contribution in [1.29, 1.82) is 0 Å². The Morgan fingerprint density at radius 1 is 1.33 bits per heavy atom. The van der Waals surface area contributed by atoms with Gasteiger partial charge in [0.1, 0.15) is 5.60 Å². The van der Waals surface area contributed by atoms with Crippen molar-refractivity contribution in [3.8, 4) is 0 Å². The third-order valence-electron chi connectivity index (χ3n) is 3.39. The van der Waals surface area contributed by atoms with Gasteiger partial charge < -0.3 is 24.8 Å². The summed E-state index contributed by atoms with van der Waals surface area (Å²) in [5.74, 6) is -1.70. The van der Waals surface area contributed by atoms with Crippen molar-refractivity contribution in [3.05, 3.63) is 0 Å². The predicted molar refractivity (Wildman–Crippen MR) is 72.8 cm³/mol. The van der Waals surface area contributed by atoms with E-state index in [0.717, 1.165) is 0 Å². The first-order valence-corrected chi connectivity index (χ1v) is 6.78. The molecular weight excluding hydrogens is 280 g/mol. The fraction of sp³-hybridized carbons (Fsp3) is 0.769. The fourth-order valence-corrected chi connectivity index (χ4v) is 1.72. The Bertz CT molecular complexity index is 423. The number of hydrogen-bond donors (Lipinski definition) is 2. The Balaban J connectivity index is 2.82. The van der Waals surface area contributed by atoms with Crippen LogP contribution < -0.4 is 5.32 Å². The van der Waals surface area contributed by atoms with Crippen LogP contribution in [0.5, 0.6) is 0 Å². The lowest BCUT2D eigenvalue weighted by Gasteiger charge is -2.36. The highest BCUT2D eigenvalue weighted by atomic mass is 16.6. The molecule has 8 nitrogen and oxygen atoms in total. The summed E-state index contributed by atoms with van der Waals surface area (Å²) in [6.07, 6.45) is -2.31. The largest absolute Gasteiger partial charge is 0.479 e. The standard InChI is InChI=1S/C13H22N2O6/c1-5-13(2,3)21-12(19)15-6-8(10(16)14-4)20-9(7-15)11(17)18/h8-9H,5-7H2,1-4H3,(H,14,16)(H,17,18)/t8-,9+/m0/s1. The molecule has 2 N–H and O–H groups in total.